The van der Waals surface area contributed by atoms with Crippen molar-refractivity contribution in [2.45, 2.75) is 19.8 Å². The highest BCUT2D eigenvalue weighted by Crippen LogP contribution is 2.17. The second-order valence-corrected chi connectivity index (χ2v) is 4.28. The quantitative estimate of drug-likeness (QED) is 0.683. The van der Waals surface area contributed by atoms with Crippen molar-refractivity contribution in [3.8, 4) is 0 Å². The molecule has 0 spiro atoms. The molecule has 1 aromatic rings. The lowest BCUT2D eigenvalue weighted by atomic mass is 10.0. The van der Waals surface area contributed by atoms with E-state index < -0.39 is 0 Å². The van der Waals surface area contributed by atoms with E-state index in [4.69, 9.17) is 23.2 Å². The summed E-state index contributed by atoms with van der Waals surface area (Å²) < 4.78 is 13.3. The van der Waals surface area contributed by atoms with E-state index in [9.17, 15) is 4.39 Å². The second-order valence-electron chi connectivity index (χ2n) is 3.53. The fraction of sp³-hybridized carbons (Fsp3) is 0.455. The summed E-state index contributed by atoms with van der Waals surface area (Å²) in [5.41, 5.74) is 0.714. The highest BCUT2D eigenvalue weighted by atomic mass is 35.5. The standard InChI is InChI=1S/C11H13Cl2F/c1-8(7-12)2-3-9-4-5-10(13)6-11(9)14/h4-6,8H,2-3,7H2,1H3. The lowest BCUT2D eigenvalue weighted by Gasteiger charge is -2.07. The van der Waals surface area contributed by atoms with E-state index in [0.29, 0.717) is 22.4 Å². The van der Waals surface area contributed by atoms with Gasteiger partial charge in [-0.25, -0.2) is 4.39 Å². The molecule has 0 aromatic heterocycles. The number of aryl methyl sites for hydroxylation is 1. The van der Waals surface area contributed by atoms with Gasteiger partial charge in [0.2, 0.25) is 0 Å². The van der Waals surface area contributed by atoms with Gasteiger partial charge in [-0.15, -0.1) is 11.6 Å². The average molecular weight is 235 g/mol. The number of rotatable bonds is 4. The van der Waals surface area contributed by atoms with E-state index in [-0.39, 0.29) is 5.82 Å². The number of alkyl halides is 1. The Morgan fingerprint density at radius 1 is 1.43 bits per heavy atom. The summed E-state index contributed by atoms with van der Waals surface area (Å²) in [6.45, 7) is 2.06. The number of hydrogen-bond acceptors (Lipinski definition) is 0. The molecule has 0 amide bonds. The molecule has 0 saturated heterocycles. The maximum absolute atomic E-state index is 13.3. The van der Waals surface area contributed by atoms with Crippen molar-refractivity contribution in [2.24, 2.45) is 5.92 Å². The van der Waals surface area contributed by atoms with Crippen LogP contribution in [0.3, 0.4) is 0 Å². The first kappa shape index (κ1) is 11.8. The minimum absolute atomic E-state index is 0.223. The van der Waals surface area contributed by atoms with Crippen molar-refractivity contribution in [1.29, 1.82) is 0 Å². The molecule has 1 unspecified atom stereocenters. The first-order valence-corrected chi connectivity index (χ1v) is 5.54. The Balaban J connectivity index is 2.59. The Morgan fingerprint density at radius 3 is 2.71 bits per heavy atom. The Labute approximate surface area is 94.0 Å². The van der Waals surface area contributed by atoms with Crippen LogP contribution in [0.1, 0.15) is 18.9 Å². The molecule has 0 saturated carbocycles. The molecule has 0 fully saturated rings. The van der Waals surface area contributed by atoms with Crippen LogP contribution in [0, 0.1) is 11.7 Å². The Morgan fingerprint density at radius 2 is 2.14 bits per heavy atom. The predicted octanol–water partition coefficient (Wildman–Crippen LogP) is 4.29. The fourth-order valence-electron chi connectivity index (χ4n) is 1.20. The van der Waals surface area contributed by atoms with E-state index in [0.717, 1.165) is 12.8 Å². The van der Waals surface area contributed by atoms with E-state index in [1.165, 1.54) is 6.07 Å². The lowest BCUT2D eigenvalue weighted by molar-refractivity contribution is 0.562. The summed E-state index contributed by atoms with van der Waals surface area (Å²) in [7, 11) is 0. The first-order valence-electron chi connectivity index (χ1n) is 4.63. The molecule has 14 heavy (non-hydrogen) atoms. The largest absolute Gasteiger partial charge is 0.207 e. The van der Waals surface area contributed by atoms with Gasteiger partial charge in [0.15, 0.2) is 0 Å². The molecule has 3 heteroatoms. The smallest absolute Gasteiger partial charge is 0.127 e. The van der Waals surface area contributed by atoms with Crippen molar-refractivity contribution >= 4 is 23.2 Å². The summed E-state index contributed by atoms with van der Waals surface area (Å²) in [6.07, 6.45) is 1.62. The van der Waals surface area contributed by atoms with Gasteiger partial charge in [-0.2, -0.15) is 0 Å². The van der Waals surface area contributed by atoms with Gasteiger partial charge < -0.3 is 0 Å². The van der Waals surface area contributed by atoms with E-state index >= 15 is 0 Å². The summed E-state index contributed by atoms with van der Waals surface area (Å²) in [6, 6.07) is 4.80. The van der Waals surface area contributed by atoms with Gasteiger partial charge in [0.1, 0.15) is 5.82 Å². The summed E-state index contributed by atoms with van der Waals surface area (Å²) >= 11 is 11.3. The Hall–Kier alpha value is -0.270. The van der Waals surface area contributed by atoms with Crippen LogP contribution < -0.4 is 0 Å². The zero-order valence-electron chi connectivity index (χ0n) is 8.06. The van der Waals surface area contributed by atoms with Gasteiger partial charge in [0.25, 0.3) is 0 Å². The van der Waals surface area contributed by atoms with Crippen molar-refractivity contribution in [2.75, 3.05) is 5.88 Å². The Bertz CT molecular complexity index is 299. The van der Waals surface area contributed by atoms with Crippen molar-refractivity contribution in [3.63, 3.8) is 0 Å². The SMILES string of the molecule is CC(CCl)CCc1ccc(Cl)cc1F. The van der Waals surface area contributed by atoms with Gasteiger partial charge in [0, 0.05) is 10.9 Å². The summed E-state index contributed by atoms with van der Waals surface area (Å²) in [4.78, 5) is 0. The highest BCUT2D eigenvalue weighted by molar-refractivity contribution is 6.30. The third kappa shape index (κ3) is 3.47. The molecule has 0 aliphatic heterocycles. The maximum Gasteiger partial charge on any atom is 0.127 e. The minimum Gasteiger partial charge on any atom is -0.207 e. The van der Waals surface area contributed by atoms with Gasteiger partial charge in [-0.1, -0.05) is 24.6 Å². The number of hydrogen-bond donors (Lipinski definition) is 0. The summed E-state index contributed by atoms with van der Waals surface area (Å²) in [5, 5.41) is 0.441. The van der Waals surface area contributed by atoms with Crippen molar-refractivity contribution in [3.05, 3.63) is 34.6 Å². The third-order valence-electron chi connectivity index (χ3n) is 2.18. The maximum atomic E-state index is 13.3. The van der Waals surface area contributed by atoms with Crippen molar-refractivity contribution in [1.82, 2.24) is 0 Å². The van der Waals surface area contributed by atoms with Crippen LogP contribution in [0.15, 0.2) is 18.2 Å². The predicted molar refractivity (Wildman–Crippen MR) is 59.6 cm³/mol. The fourth-order valence-corrected chi connectivity index (χ4v) is 1.52. The van der Waals surface area contributed by atoms with Crippen LogP contribution in [0.4, 0.5) is 4.39 Å². The topological polar surface area (TPSA) is 0 Å². The van der Waals surface area contributed by atoms with E-state index in [1.807, 2.05) is 0 Å². The van der Waals surface area contributed by atoms with Crippen molar-refractivity contribution < 1.29 is 4.39 Å². The van der Waals surface area contributed by atoms with Crippen LogP contribution in [0.25, 0.3) is 0 Å². The molecule has 0 N–H and O–H groups in total. The van der Waals surface area contributed by atoms with E-state index in [1.54, 1.807) is 12.1 Å². The van der Waals surface area contributed by atoms with Crippen LogP contribution in [0.5, 0.6) is 0 Å². The van der Waals surface area contributed by atoms with Gasteiger partial charge in [-0.05, 0) is 36.5 Å². The van der Waals surface area contributed by atoms with Crippen LogP contribution >= 0.6 is 23.2 Å². The molecule has 0 bridgehead atoms. The minimum atomic E-state index is -0.223. The molecular weight excluding hydrogens is 222 g/mol. The highest BCUT2D eigenvalue weighted by Gasteiger charge is 2.05. The second kappa shape index (κ2) is 5.57. The molecule has 0 aliphatic carbocycles. The average Bonchev–Trinajstić information content (AvgIpc) is 2.16. The molecule has 0 nitrogen and oxygen atoms in total. The van der Waals surface area contributed by atoms with Gasteiger partial charge in [0.05, 0.1) is 0 Å². The zero-order valence-corrected chi connectivity index (χ0v) is 9.58. The van der Waals surface area contributed by atoms with E-state index in [2.05, 4.69) is 6.92 Å². The van der Waals surface area contributed by atoms with Crippen LogP contribution in [-0.4, -0.2) is 5.88 Å². The molecule has 0 aliphatic rings. The molecule has 78 valence electrons. The monoisotopic (exact) mass is 234 g/mol. The van der Waals surface area contributed by atoms with Gasteiger partial charge in [-0.3, -0.25) is 0 Å². The third-order valence-corrected chi connectivity index (χ3v) is 2.95. The van der Waals surface area contributed by atoms with Crippen LogP contribution in [0.2, 0.25) is 5.02 Å². The molecule has 0 radical (unpaired) electrons. The van der Waals surface area contributed by atoms with Crippen LogP contribution in [-0.2, 0) is 6.42 Å². The molecule has 1 rings (SSSR count). The number of benzene rings is 1. The molecule has 0 heterocycles. The summed E-state index contributed by atoms with van der Waals surface area (Å²) in [5.74, 6) is 0.820. The Kier molecular flexibility index (Phi) is 4.70. The molecule has 1 aromatic carbocycles. The van der Waals surface area contributed by atoms with Gasteiger partial charge >= 0.3 is 0 Å². The zero-order chi connectivity index (χ0) is 10.6. The lowest BCUT2D eigenvalue weighted by Crippen LogP contribution is -2.00. The molecule has 1 atom stereocenters. The molecular formula is C11H13Cl2F. The normalized spacial score (nSPS) is 12.9. The number of halogens is 3. The first-order chi connectivity index (χ1) is 6.63.